The van der Waals surface area contributed by atoms with Crippen LogP contribution in [0, 0.1) is 0 Å². The summed E-state index contributed by atoms with van der Waals surface area (Å²) in [6.45, 7) is 3.21. The Morgan fingerprint density at radius 3 is 2.46 bits per heavy atom. The first kappa shape index (κ1) is 20.0. The number of hydrogen-bond donors (Lipinski definition) is 0. The number of benzene rings is 1. The third-order valence-electron chi connectivity index (χ3n) is 5.08. The van der Waals surface area contributed by atoms with Gasteiger partial charge in [0.15, 0.2) is 5.78 Å². The van der Waals surface area contributed by atoms with E-state index >= 15 is 0 Å². The molecule has 1 aliphatic heterocycles. The molecule has 1 amide bonds. The largest absolute Gasteiger partial charge is 0.497 e. The maximum Gasteiger partial charge on any atom is 0.222 e. The molecule has 1 saturated heterocycles. The minimum Gasteiger partial charge on any atom is -0.497 e. The van der Waals surface area contributed by atoms with Crippen LogP contribution in [0.3, 0.4) is 0 Å². The van der Waals surface area contributed by atoms with E-state index in [0.717, 1.165) is 37.2 Å². The highest BCUT2D eigenvalue weighted by Crippen LogP contribution is 2.13. The molecule has 2 aromatic rings. The van der Waals surface area contributed by atoms with Gasteiger partial charge in [-0.1, -0.05) is 6.07 Å². The number of hydrogen-bond acceptors (Lipinski definition) is 5. The molecule has 6 heteroatoms. The molecule has 148 valence electrons. The van der Waals surface area contributed by atoms with Gasteiger partial charge in [-0.15, -0.1) is 0 Å². The van der Waals surface area contributed by atoms with Gasteiger partial charge in [0.05, 0.1) is 13.7 Å². The molecular formula is C22H27N3O3. The zero-order valence-corrected chi connectivity index (χ0v) is 16.3. The Hall–Kier alpha value is -2.73. The second-order valence-electron chi connectivity index (χ2n) is 7.02. The van der Waals surface area contributed by atoms with E-state index in [1.807, 2.05) is 23.2 Å². The van der Waals surface area contributed by atoms with E-state index in [1.54, 1.807) is 37.6 Å². The van der Waals surface area contributed by atoms with Crippen LogP contribution in [0.2, 0.25) is 0 Å². The molecule has 1 aliphatic rings. The Bertz CT molecular complexity index is 769. The Labute approximate surface area is 166 Å². The summed E-state index contributed by atoms with van der Waals surface area (Å²) in [5, 5.41) is 0. The summed E-state index contributed by atoms with van der Waals surface area (Å²) in [6.07, 6.45) is 5.87. The first-order valence-electron chi connectivity index (χ1n) is 9.72. The number of amides is 1. The third kappa shape index (κ3) is 5.63. The first-order chi connectivity index (χ1) is 13.7. The highest BCUT2D eigenvalue weighted by Gasteiger charge is 2.22. The lowest BCUT2D eigenvalue weighted by Crippen LogP contribution is -2.49. The molecule has 6 nitrogen and oxygen atoms in total. The number of pyridine rings is 1. The average Bonchev–Trinajstić information content (AvgIpc) is 2.75. The van der Waals surface area contributed by atoms with Crippen molar-refractivity contribution in [1.82, 2.24) is 14.8 Å². The Morgan fingerprint density at radius 2 is 1.82 bits per heavy atom. The standard InChI is InChI=1S/C22H27N3O3/c1-28-20-9-7-19(8-10-20)21(26)17-24-12-14-25(15-13-24)22(27)6-2-4-18-5-3-11-23-16-18/h3,5,7-11,16H,2,4,6,12-15,17H2,1H3. The van der Waals surface area contributed by atoms with Crippen LogP contribution in [-0.2, 0) is 11.2 Å². The van der Waals surface area contributed by atoms with Gasteiger partial charge in [0.2, 0.25) is 5.91 Å². The maximum absolute atomic E-state index is 12.4. The lowest BCUT2D eigenvalue weighted by molar-refractivity contribution is -0.132. The molecule has 1 aromatic carbocycles. The third-order valence-corrected chi connectivity index (χ3v) is 5.08. The summed E-state index contributed by atoms with van der Waals surface area (Å²) in [5.41, 5.74) is 1.85. The van der Waals surface area contributed by atoms with E-state index in [-0.39, 0.29) is 11.7 Å². The van der Waals surface area contributed by atoms with Gasteiger partial charge < -0.3 is 9.64 Å². The summed E-state index contributed by atoms with van der Waals surface area (Å²) in [4.78, 5) is 33.0. The predicted molar refractivity (Wildman–Crippen MR) is 108 cm³/mol. The van der Waals surface area contributed by atoms with Crippen LogP contribution < -0.4 is 4.74 Å². The second-order valence-corrected chi connectivity index (χ2v) is 7.02. The fraction of sp³-hybridized carbons (Fsp3) is 0.409. The highest BCUT2D eigenvalue weighted by molar-refractivity contribution is 5.97. The van der Waals surface area contributed by atoms with Gasteiger partial charge in [-0.25, -0.2) is 0 Å². The van der Waals surface area contributed by atoms with E-state index in [2.05, 4.69) is 9.88 Å². The maximum atomic E-state index is 12.4. The van der Waals surface area contributed by atoms with Gasteiger partial charge >= 0.3 is 0 Å². The van der Waals surface area contributed by atoms with Crippen molar-refractivity contribution >= 4 is 11.7 Å². The summed E-state index contributed by atoms with van der Waals surface area (Å²) < 4.78 is 5.12. The normalized spacial score (nSPS) is 14.7. The SMILES string of the molecule is COc1ccc(C(=O)CN2CCN(C(=O)CCCc3cccnc3)CC2)cc1. The van der Waals surface area contributed by atoms with Crippen LogP contribution in [0.4, 0.5) is 0 Å². The zero-order chi connectivity index (χ0) is 19.8. The van der Waals surface area contributed by atoms with Gasteiger partial charge in [0.1, 0.15) is 5.75 Å². The number of aryl methyl sites for hydroxylation is 1. The number of aromatic nitrogens is 1. The van der Waals surface area contributed by atoms with Crippen molar-refractivity contribution < 1.29 is 14.3 Å². The van der Waals surface area contributed by atoms with E-state index < -0.39 is 0 Å². The lowest BCUT2D eigenvalue weighted by atomic mass is 10.1. The lowest BCUT2D eigenvalue weighted by Gasteiger charge is -2.34. The molecule has 28 heavy (non-hydrogen) atoms. The van der Waals surface area contributed by atoms with E-state index in [0.29, 0.717) is 31.6 Å². The molecule has 0 N–H and O–H groups in total. The predicted octanol–water partition coefficient (Wildman–Crippen LogP) is 2.44. The topological polar surface area (TPSA) is 62.7 Å². The number of ether oxygens (including phenoxy) is 1. The molecule has 0 aliphatic carbocycles. The Morgan fingerprint density at radius 1 is 1.07 bits per heavy atom. The van der Waals surface area contributed by atoms with Crippen molar-refractivity contribution in [2.45, 2.75) is 19.3 Å². The van der Waals surface area contributed by atoms with Gasteiger partial charge in [0.25, 0.3) is 0 Å². The molecule has 0 radical (unpaired) electrons. The van der Waals surface area contributed by atoms with Gasteiger partial charge in [-0.05, 0) is 48.7 Å². The molecule has 0 unspecified atom stereocenters. The van der Waals surface area contributed by atoms with Crippen LogP contribution in [0.15, 0.2) is 48.8 Å². The Kier molecular flexibility index (Phi) is 7.14. The first-order valence-corrected chi connectivity index (χ1v) is 9.72. The molecule has 0 atom stereocenters. The minimum atomic E-state index is 0.0962. The van der Waals surface area contributed by atoms with Crippen molar-refractivity contribution in [2.24, 2.45) is 0 Å². The summed E-state index contributed by atoms with van der Waals surface area (Å²) in [5.74, 6) is 1.04. The molecule has 3 rings (SSSR count). The van der Waals surface area contributed by atoms with Crippen molar-refractivity contribution in [1.29, 1.82) is 0 Å². The second kappa shape index (κ2) is 9.99. The summed E-state index contributed by atoms with van der Waals surface area (Å²) >= 11 is 0. The van der Waals surface area contributed by atoms with Crippen LogP contribution in [0.25, 0.3) is 0 Å². The summed E-state index contributed by atoms with van der Waals surface area (Å²) in [6, 6.07) is 11.1. The van der Waals surface area contributed by atoms with Crippen LogP contribution >= 0.6 is 0 Å². The number of piperazine rings is 1. The minimum absolute atomic E-state index is 0.0962. The number of carbonyl (C=O) groups excluding carboxylic acids is 2. The zero-order valence-electron chi connectivity index (χ0n) is 16.3. The number of carbonyl (C=O) groups is 2. The average molecular weight is 381 g/mol. The molecule has 2 heterocycles. The Balaban J connectivity index is 1.38. The quantitative estimate of drug-likeness (QED) is 0.657. The smallest absolute Gasteiger partial charge is 0.222 e. The number of nitrogens with zero attached hydrogens (tertiary/aromatic N) is 3. The number of ketones is 1. The van der Waals surface area contributed by atoms with E-state index in [4.69, 9.17) is 4.74 Å². The van der Waals surface area contributed by atoms with Crippen molar-refractivity contribution in [3.63, 3.8) is 0 Å². The van der Waals surface area contributed by atoms with Crippen molar-refractivity contribution in [3.05, 3.63) is 59.9 Å². The summed E-state index contributed by atoms with van der Waals surface area (Å²) in [7, 11) is 1.61. The van der Waals surface area contributed by atoms with Crippen molar-refractivity contribution in [2.75, 3.05) is 39.8 Å². The highest BCUT2D eigenvalue weighted by atomic mass is 16.5. The van der Waals surface area contributed by atoms with E-state index in [1.165, 1.54) is 0 Å². The molecule has 0 saturated carbocycles. The van der Waals surface area contributed by atoms with Gasteiger partial charge in [-0.3, -0.25) is 19.5 Å². The fourth-order valence-electron chi connectivity index (χ4n) is 3.37. The number of Topliss-reactive ketones (excluding diaryl/α,β-unsaturated/α-hetero) is 1. The fourth-order valence-corrected chi connectivity index (χ4v) is 3.37. The molecule has 1 fully saturated rings. The molecule has 1 aromatic heterocycles. The van der Waals surface area contributed by atoms with Crippen LogP contribution in [-0.4, -0.2) is 66.3 Å². The van der Waals surface area contributed by atoms with Gasteiger partial charge in [-0.2, -0.15) is 0 Å². The van der Waals surface area contributed by atoms with Crippen LogP contribution in [0.1, 0.15) is 28.8 Å². The molecule has 0 bridgehead atoms. The molecule has 0 spiro atoms. The van der Waals surface area contributed by atoms with Crippen molar-refractivity contribution in [3.8, 4) is 5.75 Å². The number of methoxy groups -OCH3 is 1. The van der Waals surface area contributed by atoms with Gasteiger partial charge in [0, 0.05) is 50.6 Å². The van der Waals surface area contributed by atoms with Crippen LogP contribution in [0.5, 0.6) is 5.75 Å². The monoisotopic (exact) mass is 381 g/mol. The van der Waals surface area contributed by atoms with E-state index in [9.17, 15) is 9.59 Å². The molecular weight excluding hydrogens is 354 g/mol. The number of rotatable bonds is 8.